The van der Waals surface area contributed by atoms with Crippen LogP contribution in [0.1, 0.15) is 20.3 Å². The lowest BCUT2D eigenvalue weighted by Crippen LogP contribution is -2.44. The van der Waals surface area contributed by atoms with Crippen LogP contribution < -0.4 is 0 Å². The smallest absolute Gasteiger partial charge is 0.236 e. The normalized spacial score (nSPS) is 20.5. The molecule has 0 bridgehead atoms. The van der Waals surface area contributed by atoms with Crippen LogP contribution in [0.2, 0.25) is 0 Å². The van der Waals surface area contributed by atoms with Gasteiger partial charge in [-0.15, -0.1) is 0 Å². The number of hydrogen-bond acceptors (Lipinski definition) is 5. The van der Waals surface area contributed by atoms with Crippen molar-refractivity contribution in [1.29, 1.82) is 0 Å². The average Bonchev–Trinajstić information content (AvgIpc) is 2.95. The van der Waals surface area contributed by atoms with E-state index in [-0.39, 0.29) is 28.7 Å². The zero-order valence-corrected chi connectivity index (χ0v) is 16.0. The van der Waals surface area contributed by atoms with Crippen LogP contribution in [-0.2, 0) is 14.6 Å². The minimum Gasteiger partial charge on any atom is -0.338 e. The topological polar surface area (TPSA) is 67.3 Å². The Balaban J connectivity index is 1.72. The zero-order chi connectivity index (χ0) is 18.0. The Hall–Kier alpha value is -1.60. The van der Waals surface area contributed by atoms with E-state index in [1.54, 1.807) is 4.90 Å². The highest BCUT2D eigenvalue weighted by molar-refractivity contribution is 8.00. The Kier molecular flexibility index (Phi) is 5.34. The number of thioether (sulfide) groups is 1. The summed E-state index contributed by atoms with van der Waals surface area (Å²) >= 11 is 1.42. The van der Waals surface area contributed by atoms with E-state index in [0.717, 1.165) is 15.9 Å². The molecule has 5 nitrogen and oxygen atoms in total. The molecule has 25 heavy (non-hydrogen) atoms. The van der Waals surface area contributed by atoms with Crippen molar-refractivity contribution >= 4 is 38.4 Å². The summed E-state index contributed by atoms with van der Waals surface area (Å²) in [5, 5.41) is 1.56. The molecule has 0 N–H and O–H groups in total. The van der Waals surface area contributed by atoms with Gasteiger partial charge in [0.15, 0.2) is 9.84 Å². The highest BCUT2D eigenvalue weighted by atomic mass is 32.2. The summed E-state index contributed by atoms with van der Waals surface area (Å²) in [4.78, 5) is 19.1. The number of para-hydroxylation sites is 1. The summed E-state index contributed by atoms with van der Waals surface area (Å²) in [7, 11) is -3.01. The Morgan fingerprint density at radius 1 is 1.32 bits per heavy atom. The zero-order valence-electron chi connectivity index (χ0n) is 14.4. The molecular weight excluding hydrogens is 356 g/mol. The molecule has 0 spiro atoms. The highest BCUT2D eigenvalue weighted by Gasteiger charge is 2.35. The number of benzene rings is 1. The summed E-state index contributed by atoms with van der Waals surface area (Å²) in [5.41, 5.74) is 0.904. The van der Waals surface area contributed by atoms with Crippen LogP contribution >= 0.6 is 11.8 Å². The predicted molar refractivity (Wildman–Crippen MR) is 102 cm³/mol. The van der Waals surface area contributed by atoms with Crippen LogP contribution in [0.3, 0.4) is 0 Å². The number of hydrogen-bond donors (Lipinski definition) is 0. The first-order chi connectivity index (χ1) is 11.9. The van der Waals surface area contributed by atoms with E-state index in [2.05, 4.69) is 4.98 Å². The van der Waals surface area contributed by atoms with Gasteiger partial charge in [0.05, 0.1) is 27.3 Å². The van der Waals surface area contributed by atoms with Gasteiger partial charge in [0.2, 0.25) is 5.91 Å². The summed E-state index contributed by atoms with van der Waals surface area (Å²) in [6, 6.07) is 11.6. The molecule has 3 rings (SSSR count). The SMILES string of the molecule is CCN(C(=O)C(C)Sc1ccc2ccccc2n1)C1CCS(=O)(=O)C1. The molecule has 2 atom stereocenters. The predicted octanol–water partition coefficient (Wildman–Crippen LogP) is 2.75. The molecule has 2 heterocycles. The van der Waals surface area contributed by atoms with Crippen molar-refractivity contribution in [2.45, 2.75) is 36.6 Å². The van der Waals surface area contributed by atoms with Crippen molar-refractivity contribution in [3.8, 4) is 0 Å². The third kappa shape index (κ3) is 4.15. The van der Waals surface area contributed by atoms with Crippen LogP contribution in [0.5, 0.6) is 0 Å². The van der Waals surface area contributed by atoms with Crippen molar-refractivity contribution in [2.24, 2.45) is 0 Å². The lowest BCUT2D eigenvalue weighted by Gasteiger charge is -2.29. The van der Waals surface area contributed by atoms with E-state index < -0.39 is 9.84 Å². The van der Waals surface area contributed by atoms with Crippen molar-refractivity contribution in [3.05, 3.63) is 36.4 Å². The van der Waals surface area contributed by atoms with E-state index >= 15 is 0 Å². The number of nitrogens with zero attached hydrogens (tertiary/aromatic N) is 2. The fraction of sp³-hybridized carbons (Fsp3) is 0.444. The van der Waals surface area contributed by atoms with Crippen molar-refractivity contribution in [1.82, 2.24) is 9.88 Å². The molecule has 2 aromatic rings. The maximum atomic E-state index is 12.8. The van der Waals surface area contributed by atoms with E-state index in [1.165, 1.54) is 11.8 Å². The fourth-order valence-corrected chi connectivity index (χ4v) is 5.82. The number of carbonyl (C=O) groups excluding carboxylic acids is 1. The number of amides is 1. The third-order valence-electron chi connectivity index (χ3n) is 4.49. The summed E-state index contributed by atoms with van der Waals surface area (Å²) < 4.78 is 23.4. The van der Waals surface area contributed by atoms with E-state index in [0.29, 0.717) is 13.0 Å². The average molecular weight is 379 g/mol. The number of pyridine rings is 1. The molecule has 1 aromatic carbocycles. The largest absolute Gasteiger partial charge is 0.338 e. The van der Waals surface area contributed by atoms with Crippen LogP contribution in [0.15, 0.2) is 41.4 Å². The van der Waals surface area contributed by atoms with Gasteiger partial charge in [0, 0.05) is 18.0 Å². The first-order valence-electron chi connectivity index (χ1n) is 8.43. The van der Waals surface area contributed by atoms with Crippen molar-refractivity contribution in [3.63, 3.8) is 0 Å². The first kappa shape index (κ1) is 18.2. The maximum Gasteiger partial charge on any atom is 0.236 e. The van der Waals surface area contributed by atoms with Gasteiger partial charge in [-0.2, -0.15) is 0 Å². The quantitative estimate of drug-likeness (QED) is 0.749. The first-order valence-corrected chi connectivity index (χ1v) is 11.1. The van der Waals surface area contributed by atoms with Gasteiger partial charge >= 0.3 is 0 Å². The molecular formula is C18H22N2O3S2. The van der Waals surface area contributed by atoms with E-state index in [4.69, 9.17) is 0 Å². The molecule has 2 unspecified atom stereocenters. The maximum absolute atomic E-state index is 12.8. The van der Waals surface area contributed by atoms with Gasteiger partial charge in [-0.1, -0.05) is 36.0 Å². The van der Waals surface area contributed by atoms with E-state index in [1.807, 2.05) is 50.2 Å². The highest BCUT2D eigenvalue weighted by Crippen LogP contribution is 2.27. The van der Waals surface area contributed by atoms with Gasteiger partial charge in [-0.25, -0.2) is 13.4 Å². The molecule has 1 aliphatic heterocycles. The standard InChI is InChI=1S/C18H22N2O3S2/c1-3-20(15-10-11-25(22,23)12-15)18(21)13(2)24-17-9-8-14-6-4-5-7-16(14)19-17/h4-9,13,15H,3,10-12H2,1-2H3. The Labute approximate surface area is 152 Å². The Morgan fingerprint density at radius 3 is 2.76 bits per heavy atom. The number of carbonyl (C=O) groups is 1. The number of sulfone groups is 1. The fourth-order valence-electron chi connectivity index (χ4n) is 3.19. The van der Waals surface area contributed by atoms with Crippen molar-refractivity contribution in [2.75, 3.05) is 18.1 Å². The minimum absolute atomic E-state index is 0.0236. The van der Waals surface area contributed by atoms with Gasteiger partial charge in [-0.3, -0.25) is 4.79 Å². The summed E-state index contributed by atoms with van der Waals surface area (Å²) in [6.07, 6.45) is 0.535. The van der Waals surface area contributed by atoms with Crippen LogP contribution in [-0.4, -0.2) is 53.6 Å². The Bertz CT molecular complexity index is 883. The second kappa shape index (κ2) is 7.33. The van der Waals surface area contributed by atoms with Gasteiger partial charge in [0.1, 0.15) is 0 Å². The third-order valence-corrected chi connectivity index (χ3v) is 7.27. The molecule has 1 aromatic heterocycles. The van der Waals surface area contributed by atoms with E-state index in [9.17, 15) is 13.2 Å². The summed E-state index contributed by atoms with van der Waals surface area (Å²) in [6.45, 7) is 4.28. The monoisotopic (exact) mass is 378 g/mol. The van der Waals surface area contributed by atoms with Gasteiger partial charge in [0.25, 0.3) is 0 Å². The molecule has 1 amide bonds. The van der Waals surface area contributed by atoms with Gasteiger partial charge in [-0.05, 0) is 32.4 Å². The van der Waals surface area contributed by atoms with Gasteiger partial charge < -0.3 is 4.90 Å². The Morgan fingerprint density at radius 2 is 2.08 bits per heavy atom. The number of fused-ring (bicyclic) bond motifs is 1. The minimum atomic E-state index is -3.01. The van der Waals surface area contributed by atoms with Crippen LogP contribution in [0.25, 0.3) is 10.9 Å². The molecule has 0 radical (unpaired) electrons. The lowest BCUT2D eigenvalue weighted by atomic mass is 10.2. The molecule has 1 saturated heterocycles. The number of aromatic nitrogens is 1. The molecule has 0 saturated carbocycles. The molecule has 0 aliphatic carbocycles. The van der Waals surface area contributed by atoms with Crippen LogP contribution in [0.4, 0.5) is 0 Å². The van der Waals surface area contributed by atoms with Crippen LogP contribution in [0, 0.1) is 0 Å². The lowest BCUT2D eigenvalue weighted by molar-refractivity contribution is -0.131. The summed E-state index contributed by atoms with van der Waals surface area (Å²) in [5.74, 6) is 0.234. The molecule has 7 heteroatoms. The molecule has 1 aliphatic rings. The number of rotatable bonds is 5. The second-order valence-electron chi connectivity index (χ2n) is 6.28. The van der Waals surface area contributed by atoms with Crippen molar-refractivity contribution < 1.29 is 13.2 Å². The molecule has 134 valence electrons. The second-order valence-corrected chi connectivity index (χ2v) is 9.87. The molecule has 1 fully saturated rings.